The molecule has 3 rings (SSSR count). The third-order valence-corrected chi connectivity index (χ3v) is 5.10. The Morgan fingerprint density at radius 3 is 2.88 bits per heavy atom. The smallest absolute Gasteiger partial charge is 0.0381 e. The van der Waals surface area contributed by atoms with Gasteiger partial charge in [-0.05, 0) is 55.2 Å². The van der Waals surface area contributed by atoms with Crippen LogP contribution in [-0.2, 0) is 0 Å². The maximum absolute atomic E-state index is 3.62. The summed E-state index contributed by atoms with van der Waals surface area (Å²) in [4.78, 5) is 0. The average Bonchev–Trinajstić information content (AvgIpc) is 2.93. The van der Waals surface area contributed by atoms with Crippen molar-refractivity contribution in [1.29, 1.82) is 0 Å². The summed E-state index contributed by atoms with van der Waals surface area (Å²) in [6, 6.07) is 6.37. The third-order valence-electron chi connectivity index (χ3n) is 4.24. The number of hydrogen-bond donors (Lipinski definition) is 1. The first kappa shape index (κ1) is 11.3. The zero-order valence-electron chi connectivity index (χ0n) is 10.1. The van der Waals surface area contributed by atoms with Crippen molar-refractivity contribution in [2.45, 2.75) is 19.8 Å². The molecule has 0 heterocycles. The van der Waals surface area contributed by atoms with E-state index in [2.05, 4.69) is 58.5 Å². The largest absolute Gasteiger partial charge is 0.384 e. The van der Waals surface area contributed by atoms with Crippen molar-refractivity contribution < 1.29 is 0 Å². The number of halogens is 1. The quantitative estimate of drug-likeness (QED) is 0.815. The number of benzene rings is 1. The minimum Gasteiger partial charge on any atom is -0.384 e. The molecule has 0 amide bonds. The van der Waals surface area contributed by atoms with E-state index in [1.807, 2.05) is 0 Å². The molecule has 1 N–H and O–H groups in total. The topological polar surface area (TPSA) is 12.0 Å². The van der Waals surface area contributed by atoms with Gasteiger partial charge in [-0.1, -0.05) is 34.1 Å². The molecule has 2 bridgehead atoms. The average molecular weight is 292 g/mol. The number of allylic oxidation sites excluding steroid dienone is 2. The van der Waals surface area contributed by atoms with Crippen LogP contribution in [0, 0.1) is 24.7 Å². The number of anilines is 1. The number of fused-ring (bicyclic) bond motifs is 2. The minimum atomic E-state index is 0.833. The predicted octanol–water partition coefficient (Wildman–Crippen LogP) is 4.38. The van der Waals surface area contributed by atoms with Gasteiger partial charge in [0.1, 0.15) is 0 Å². The Morgan fingerprint density at radius 2 is 2.18 bits per heavy atom. The first-order valence-electron chi connectivity index (χ1n) is 6.41. The fourth-order valence-corrected chi connectivity index (χ4v) is 3.54. The lowest BCUT2D eigenvalue weighted by Crippen LogP contribution is -2.18. The van der Waals surface area contributed by atoms with Gasteiger partial charge in [-0.3, -0.25) is 0 Å². The van der Waals surface area contributed by atoms with Crippen LogP contribution in [0.3, 0.4) is 0 Å². The summed E-state index contributed by atoms with van der Waals surface area (Å²) < 4.78 is 1.19. The highest BCUT2D eigenvalue weighted by molar-refractivity contribution is 9.10. The molecule has 1 nitrogen and oxygen atoms in total. The van der Waals surface area contributed by atoms with Crippen LogP contribution in [0.15, 0.2) is 34.8 Å². The lowest BCUT2D eigenvalue weighted by molar-refractivity contribution is 0.472. The molecule has 0 aliphatic heterocycles. The van der Waals surface area contributed by atoms with Gasteiger partial charge in [0.25, 0.3) is 0 Å². The summed E-state index contributed by atoms with van der Waals surface area (Å²) in [5, 5.41) is 3.62. The van der Waals surface area contributed by atoms with Crippen LogP contribution in [0.2, 0.25) is 0 Å². The van der Waals surface area contributed by atoms with Crippen LogP contribution in [0.25, 0.3) is 0 Å². The van der Waals surface area contributed by atoms with Crippen molar-refractivity contribution in [3.05, 3.63) is 40.4 Å². The number of nitrogens with one attached hydrogen (secondary N) is 1. The van der Waals surface area contributed by atoms with Crippen LogP contribution < -0.4 is 5.32 Å². The third kappa shape index (κ3) is 2.15. The molecule has 1 saturated carbocycles. The van der Waals surface area contributed by atoms with E-state index in [0.717, 1.165) is 24.3 Å². The molecule has 0 aromatic heterocycles. The van der Waals surface area contributed by atoms with Gasteiger partial charge in [0.05, 0.1) is 0 Å². The molecule has 90 valence electrons. The Balaban J connectivity index is 1.65. The van der Waals surface area contributed by atoms with E-state index in [4.69, 9.17) is 0 Å². The Labute approximate surface area is 111 Å². The second-order valence-corrected chi connectivity index (χ2v) is 6.19. The van der Waals surface area contributed by atoms with Crippen molar-refractivity contribution in [2.24, 2.45) is 17.8 Å². The Hall–Kier alpha value is -0.760. The zero-order chi connectivity index (χ0) is 11.8. The maximum atomic E-state index is 3.62. The number of rotatable bonds is 3. The molecule has 17 heavy (non-hydrogen) atoms. The van der Waals surface area contributed by atoms with Gasteiger partial charge in [-0.25, -0.2) is 0 Å². The molecule has 0 spiro atoms. The van der Waals surface area contributed by atoms with Crippen LogP contribution in [0.5, 0.6) is 0 Å². The molecule has 2 aliphatic rings. The summed E-state index contributed by atoms with van der Waals surface area (Å²) in [5.74, 6) is 2.54. The fourth-order valence-electron chi connectivity index (χ4n) is 3.17. The van der Waals surface area contributed by atoms with Gasteiger partial charge in [0, 0.05) is 16.7 Å². The molecule has 2 heteroatoms. The highest BCUT2D eigenvalue weighted by Crippen LogP contribution is 2.43. The summed E-state index contributed by atoms with van der Waals surface area (Å²) in [6.07, 6.45) is 7.60. The highest BCUT2D eigenvalue weighted by atomic mass is 79.9. The Bertz CT molecular complexity index is 452. The molecule has 2 aliphatic carbocycles. The van der Waals surface area contributed by atoms with E-state index in [1.165, 1.54) is 28.6 Å². The first-order chi connectivity index (χ1) is 8.24. The van der Waals surface area contributed by atoms with Crippen molar-refractivity contribution in [3.8, 4) is 0 Å². The first-order valence-corrected chi connectivity index (χ1v) is 7.20. The van der Waals surface area contributed by atoms with E-state index in [0.29, 0.717) is 0 Å². The van der Waals surface area contributed by atoms with Crippen molar-refractivity contribution >= 4 is 21.6 Å². The lowest BCUT2D eigenvalue weighted by Gasteiger charge is -2.20. The summed E-state index contributed by atoms with van der Waals surface area (Å²) >= 11 is 3.58. The molecular formula is C15H18BrN. The second kappa shape index (κ2) is 4.49. The van der Waals surface area contributed by atoms with E-state index >= 15 is 0 Å². The summed E-state index contributed by atoms with van der Waals surface area (Å²) in [5.41, 5.74) is 2.58. The normalized spacial score (nSPS) is 29.9. The van der Waals surface area contributed by atoms with Crippen LogP contribution in [-0.4, -0.2) is 6.54 Å². The Kier molecular flexibility index (Phi) is 2.99. The van der Waals surface area contributed by atoms with Crippen LogP contribution >= 0.6 is 15.9 Å². The van der Waals surface area contributed by atoms with Gasteiger partial charge in [0.15, 0.2) is 0 Å². The Morgan fingerprint density at radius 1 is 1.29 bits per heavy atom. The summed E-state index contributed by atoms with van der Waals surface area (Å²) in [6.45, 7) is 3.27. The lowest BCUT2D eigenvalue weighted by atomic mass is 9.93. The van der Waals surface area contributed by atoms with Gasteiger partial charge in [-0.15, -0.1) is 0 Å². The molecule has 1 fully saturated rings. The SMILES string of the molecule is Cc1c(Br)cccc1NCC1CC2C=CC1C2. The van der Waals surface area contributed by atoms with E-state index < -0.39 is 0 Å². The fraction of sp³-hybridized carbons (Fsp3) is 0.467. The highest BCUT2D eigenvalue weighted by Gasteiger charge is 2.35. The molecule has 0 radical (unpaired) electrons. The van der Waals surface area contributed by atoms with Gasteiger partial charge in [0.2, 0.25) is 0 Å². The van der Waals surface area contributed by atoms with E-state index in [1.54, 1.807) is 0 Å². The van der Waals surface area contributed by atoms with E-state index in [9.17, 15) is 0 Å². The molecule has 1 aromatic rings. The van der Waals surface area contributed by atoms with Crippen molar-refractivity contribution in [2.75, 3.05) is 11.9 Å². The standard InChI is InChI=1S/C15H18BrN/c1-10-14(16)3-2-4-15(10)17-9-13-8-11-5-6-12(13)7-11/h2-6,11-13,17H,7-9H2,1H3. The van der Waals surface area contributed by atoms with Gasteiger partial charge < -0.3 is 5.32 Å². The zero-order valence-corrected chi connectivity index (χ0v) is 11.7. The molecule has 1 aromatic carbocycles. The molecule has 0 saturated heterocycles. The second-order valence-electron chi connectivity index (χ2n) is 5.33. The molecular weight excluding hydrogens is 274 g/mol. The van der Waals surface area contributed by atoms with E-state index in [-0.39, 0.29) is 0 Å². The van der Waals surface area contributed by atoms with Gasteiger partial charge >= 0.3 is 0 Å². The number of hydrogen-bond acceptors (Lipinski definition) is 1. The summed E-state index contributed by atoms with van der Waals surface area (Å²) in [7, 11) is 0. The molecule has 3 unspecified atom stereocenters. The monoisotopic (exact) mass is 291 g/mol. The van der Waals surface area contributed by atoms with Crippen LogP contribution in [0.1, 0.15) is 18.4 Å². The van der Waals surface area contributed by atoms with Crippen LogP contribution in [0.4, 0.5) is 5.69 Å². The predicted molar refractivity (Wildman–Crippen MR) is 76.2 cm³/mol. The van der Waals surface area contributed by atoms with Crippen molar-refractivity contribution in [3.63, 3.8) is 0 Å². The molecule has 3 atom stereocenters. The van der Waals surface area contributed by atoms with Crippen molar-refractivity contribution in [1.82, 2.24) is 0 Å². The minimum absolute atomic E-state index is 0.833. The van der Waals surface area contributed by atoms with Gasteiger partial charge in [-0.2, -0.15) is 0 Å². The maximum Gasteiger partial charge on any atom is 0.0381 e.